The van der Waals surface area contributed by atoms with Crippen LogP contribution in [0.2, 0.25) is 0 Å². The van der Waals surface area contributed by atoms with E-state index < -0.39 is 10.8 Å². The molecule has 2 unspecified atom stereocenters. The number of benzene rings is 1. The first-order valence-corrected chi connectivity index (χ1v) is 9.20. The van der Waals surface area contributed by atoms with Gasteiger partial charge in [0.15, 0.2) is 0 Å². The van der Waals surface area contributed by atoms with Crippen LogP contribution in [0.25, 0.3) is 0 Å². The summed E-state index contributed by atoms with van der Waals surface area (Å²) in [7, 11) is -0.951. The predicted octanol–water partition coefficient (Wildman–Crippen LogP) is 2.13. The number of rotatable bonds is 10. The van der Waals surface area contributed by atoms with E-state index in [9.17, 15) is 9.00 Å². The van der Waals surface area contributed by atoms with Crippen molar-refractivity contribution in [3.8, 4) is 0 Å². The molecule has 2 atom stereocenters. The lowest BCUT2D eigenvalue weighted by Gasteiger charge is -2.18. The monoisotopic (exact) mass is 310 g/mol. The van der Waals surface area contributed by atoms with Gasteiger partial charge in [0, 0.05) is 29.2 Å². The van der Waals surface area contributed by atoms with E-state index in [0.29, 0.717) is 18.7 Å². The van der Waals surface area contributed by atoms with E-state index >= 15 is 0 Å². The Morgan fingerprint density at radius 1 is 1.19 bits per heavy atom. The lowest BCUT2D eigenvalue weighted by molar-refractivity contribution is -0.121. The third-order valence-corrected chi connectivity index (χ3v) is 4.10. The van der Waals surface area contributed by atoms with Crippen LogP contribution in [0.1, 0.15) is 43.7 Å². The zero-order valence-corrected chi connectivity index (χ0v) is 13.5. The van der Waals surface area contributed by atoms with Gasteiger partial charge < -0.3 is 11.1 Å². The molecule has 4 nitrogen and oxygen atoms in total. The second-order valence-corrected chi connectivity index (χ2v) is 6.70. The lowest BCUT2D eigenvalue weighted by atomic mass is 10.1. The Bertz CT molecular complexity index is 437. The third-order valence-electron chi connectivity index (χ3n) is 3.30. The normalized spacial score (nSPS) is 13.6. The Morgan fingerprint density at radius 3 is 2.48 bits per heavy atom. The van der Waals surface area contributed by atoms with Crippen molar-refractivity contribution >= 4 is 16.7 Å². The molecule has 0 aromatic heterocycles. The Balaban J connectivity index is 2.45. The van der Waals surface area contributed by atoms with Crippen LogP contribution in [0.3, 0.4) is 0 Å². The van der Waals surface area contributed by atoms with Gasteiger partial charge in [-0.1, -0.05) is 43.2 Å². The van der Waals surface area contributed by atoms with E-state index in [4.69, 9.17) is 5.73 Å². The molecule has 1 aromatic carbocycles. The van der Waals surface area contributed by atoms with Crippen LogP contribution in [0.15, 0.2) is 30.3 Å². The number of nitrogens with two attached hydrogens (primary N) is 1. The second-order valence-electron chi connectivity index (χ2n) is 5.22. The van der Waals surface area contributed by atoms with E-state index in [2.05, 4.69) is 5.32 Å². The average molecular weight is 310 g/mol. The Labute approximate surface area is 130 Å². The molecule has 1 rings (SSSR count). The first-order valence-electron chi connectivity index (χ1n) is 7.48. The largest absolute Gasteiger partial charge is 0.348 e. The van der Waals surface area contributed by atoms with E-state index in [1.165, 1.54) is 0 Å². The number of unbranched alkanes of at least 4 members (excludes halogenated alkanes) is 3. The summed E-state index contributed by atoms with van der Waals surface area (Å²) in [6.07, 6.45) is 6.18. The Hall–Kier alpha value is -1.20. The number of carbonyl (C=O) groups excluding carboxylic acids is 1. The predicted molar refractivity (Wildman–Crippen MR) is 88.4 cm³/mol. The molecule has 21 heavy (non-hydrogen) atoms. The fraction of sp³-hybridized carbons (Fsp3) is 0.562. The standard InChI is InChI=1S/C16H26N2O2S/c1-21(20)13-15(14-9-5-4-6-10-14)18-16(19)11-7-2-3-8-12-17/h4-6,9-10,15H,2-3,7-8,11-13,17H2,1H3,(H,18,19). The SMILES string of the molecule is CS(=O)CC(NC(=O)CCCCCCN)c1ccccc1. The van der Waals surface area contributed by atoms with Gasteiger partial charge in [-0.25, -0.2) is 0 Å². The van der Waals surface area contributed by atoms with Gasteiger partial charge >= 0.3 is 0 Å². The van der Waals surface area contributed by atoms with Gasteiger partial charge in [-0.2, -0.15) is 0 Å². The molecular weight excluding hydrogens is 284 g/mol. The average Bonchev–Trinajstić information content (AvgIpc) is 2.47. The van der Waals surface area contributed by atoms with Crippen molar-refractivity contribution in [1.29, 1.82) is 0 Å². The topological polar surface area (TPSA) is 72.2 Å². The minimum atomic E-state index is -0.951. The highest BCUT2D eigenvalue weighted by molar-refractivity contribution is 7.84. The van der Waals surface area contributed by atoms with Crippen LogP contribution in [0.4, 0.5) is 0 Å². The number of hydrogen-bond acceptors (Lipinski definition) is 3. The Morgan fingerprint density at radius 2 is 1.86 bits per heavy atom. The molecule has 0 saturated carbocycles. The molecule has 0 heterocycles. The first kappa shape index (κ1) is 17.9. The van der Waals surface area contributed by atoms with Crippen molar-refractivity contribution in [2.45, 2.75) is 38.1 Å². The number of nitrogens with one attached hydrogen (secondary N) is 1. The van der Waals surface area contributed by atoms with Gasteiger partial charge in [0.1, 0.15) is 0 Å². The molecule has 0 fully saturated rings. The fourth-order valence-corrected chi connectivity index (χ4v) is 2.94. The molecule has 5 heteroatoms. The molecule has 118 valence electrons. The second kappa shape index (κ2) is 10.5. The van der Waals surface area contributed by atoms with Crippen LogP contribution >= 0.6 is 0 Å². The number of carbonyl (C=O) groups is 1. The minimum Gasteiger partial charge on any atom is -0.348 e. The fourth-order valence-electron chi connectivity index (χ4n) is 2.19. The zero-order chi connectivity index (χ0) is 15.5. The minimum absolute atomic E-state index is 0.0297. The molecule has 0 radical (unpaired) electrons. The molecule has 3 N–H and O–H groups in total. The first-order chi connectivity index (χ1) is 10.1. The zero-order valence-electron chi connectivity index (χ0n) is 12.7. The van der Waals surface area contributed by atoms with E-state index in [0.717, 1.165) is 31.2 Å². The van der Waals surface area contributed by atoms with Crippen molar-refractivity contribution in [2.24, 2.45) is 5.73 Å². The van der Waals surface area contributed by atoms with Crippen molar-refractivity contribution in [1.82, 2.24) is 5.32 Å². The van der Waals surface area contributed by atoms with Gasteiger partial charge in [0.05, 0.1) is 6.04 Å². The van der Waals surface area contributed by atoms with Crippen molar-refractivity contribution in [3.05, 3.63) is 35.9 Å². The van der Waals surface area contributed by atoms with Crippen LogP contribution in [0.5, 0.6) is 0 Å². The summed E-state index contributed by atoms with van der Waals surface area (Å²) in [4.78, 5) is 12.0. The number of amides is 1. The summed E-state index contributed by atoms with van der Waals surface area (Å²) in [6.45, 7) is 0.713. The summed E-state index contributed by atoms with van der Waals surface area (Å²) in [6, 6.07) is 9.54. The Kier molecular flexibility index (Phi) is 8.94. The third kappa shape index (κ3) is 7.97. The summed E-state index contributed by atoms with van der Waals surface area (Å²) in [5, 5.41) is 3.00. The molecule has 0 spiro atoms. The lowest BCUT2D eigenvalue weighted by Crippen LogP contribution is -2.31. The highest BCUT2D eigenvalue weighted by Crippen LogP contribution is 2.14. The van der Waals surface area contributed by atoms with Crippen molar-refractivity contribution in [2.75, 3.05) is 18.6 Å². The quantitative estimate of drug-likeness (QED) is 0.650. The molecule has 0 saturated heterocycles. The van der Waals surface area contributed by atoms with Gasteiger partial charge in [-0.15, -0.1) is 0 Å². The molecule has 1 amide bonds. The summed E-state index contributed by atoms with van der Waals surface area (Å²) in [5.41, 5.74) is 6.44. The van der Waals surface area contributed by atoms with Crippen molar-refractivity contribution < 1.29 is 9.00 Å². The molecule has 1 aromatic rings. The molecule has 0 bridgehead atoms. The van der Waals surface area contributed by atoms with Gasteiger partial charge in [-0.05, 0) is 24.9 Å². The summed E-state index contributed by atoms with van der Waals surface area (Å²) < 4.78 is 11.5. The van der Waals surface area contributed by atoms with E-state index in [1.54, 1.807) is 6.26 Å². The summed E-state index contributed by atoms with van der Waals surface area (Å²) >= 11 is 0. The van der Waals surface area contributed by atoms with E-state index in [1.807, 2.05) is 30.3 Å². The van der Waals surface area contributed by atoms with Crippen LogP contribution in [-0.2, 0) is 15.6 Å². The maximum Gasteiger partial charge on any atom is 0.220 e. The summed E-state index contributed by atoms with van der Waals surface area (Å²) in [5.74, 6) is 0.477. The maximum atomic E-state index is 12.0. The van der Waals surface area contributed by atoms with Crippen LogP contribution in [0, 0.1) is 0 Å². The smallest absolute Gasteiger partial charge is 0.220 e. The molecular formula is C16H26N2O2S. The maximum absolute atomic E-state index is 12.0. The van der Waals surface area contributed by atoms with Crippen molar-refractivity contribution in [3.63, 3.8) is 0 Å². The van der Waals surface area contributed by atoms with Gasteiger partial charge in [-0.3, -0.25) is 9.00 Å². The highest BCUT2D eigenvalue weighted by atomic mass is 32.2. The molecule has 0 aliphatic heterocycles. The highest BCUT2D eigenvalue weighted by Gasteiger charge is 2.15. The van der Waals surface area contributed by atoms with Crippen LogP contribution in [-0.4, -0.2) is 28.7 Å². The van der Waals surface area contributed by atoms with E-state index in [-0.39, 0.29) is 11.9 Å². The van der Waals surface area contributed by atoms with Gasteiger partial charge in [0.2, 0.25) is 5.91 Å². The molecule has 0 aliphatic rings. The molecule has 0 aliphatic carbocycles. The number of hydrogen-bond donors (Lipinski definition) is 2. The van der Waals surface area contributed by atoms with Crippen LogP contribution < -0.4 is 11.1 Å². The van der Waals surface area contributed by atoms with Gasteiger partial charge in [0.25, 0.3) is 0 Å².